The third-order valence-electron chi connectivity index (χ3n) is 3.34. The normalized spacial score (nSPS) is 15.1. The summed E-state index contributed by atoms with van der Waals surface area (Å²) in [6, 6.07) is 20.9. The maximum absolute atomic E-state index is 10.4. The Labute approximate surface area is 119 Å². The zero-order valence-electron chi connectivity index (χ0n) is 11.3. The second-order valence-electron chi connectivity index (χ2n) is 4.58. The average molecular weight is 267 g/mol. The molecule has 3 unspecified atom stereocenters. The Balaban J connectivity index is 2.29. The van der Waals surface area contributed by atoms with Gasteiger partial charge >= 0.3 is 0 Å². The number of ether oxygens (including phenoxy) is 1. The van der Waals surface area contributed by atoms with Crippen molar-refractivity contribution in [3.8, 4) is 6.07 Å². The van der Waals surface area contributed by atoms with Crippen molar-refractivity contribution in [3.63, 3.8) is 0 Å². The number of rotatable bonds is 5. The predicted octanol–water partition coefficient (Wildman–Crippen LogP) is 3.25. The summed E-state index contributed by atoms with van der Waals surface area (Å²) in [7, 11) is 1.56. The summed E-state index contributed by atoms with van der Waals surface area (Å²) in [4.78, 5) is 0. The number of aliphatic hydroxyl groups excluding tert-OH is 1. The Morgan fingerprint density at radius 1 is 0.950 bits per heavy atom. The first-order valence-corrected chi connectivity index (χ1v) is 6.48. The molecule has 0 amide bonds. The molecule has 0 aliphatic heterocycles. The fraction of sp³-hybridized carbons (Fsp3) is 0.235. The number of nitriles is 1. The summed E-state index contributed by atoms with van der Waals surface area (Å²) in [5, 5.41) is 19.9. The first-order valence-electron chi connectivity index (χ1n) is 6.48. The lowest BCUT2D eigenvalue weighted by molar-refractivity contribution is 0.00820. The van der Waals surface area contributed by atoms with E-state index >= 15 is 0 Å². The van der Waals surface area contributed by atoms with Crippen molar-refractivity contribution < 1.29 is 9.84 Å². The second kappa shape index (κ2) is 6.85. The van der Waals surface area contributed by atoms with Crippen LogP contribution in [0.1, 0.15) is 23.3 Å². The SMILES string of the molecule is COC(c1ccccc1)C(C#N)C(O)c1ccccc1. The molecule has 0 bridgehead atoms. The fourth-order valence-electron chi connectivity index (χ4n) is 2.29. The zero-order valence-corrected chi connectivity index (χ0v) is 11.3. The van der Waals surface area contributed by atoms with Crippen LogP contribution in [0.5, 0.6) is 0 Å². The lowest BCUT2D eigenvalue weighted by Gasteiger charge is -2.25. The monoisotopic (exact) mass is 267 g/mol. The van der Waals surface area contributed by atoms with E-state index in [0.29, 0.717) is 0 Å². The van der Waals surface area contributed by atoms with Gasteiger partial charge in [-0.2, -0.15) is 5.26 Å². The number of hydrogen-bond donors (Lipinski definition) is 1. The highest BCUT2D eigenvalue weighted by atomic mass is 16.5. The van der Waals surface area contributed by atoms with Crippen molar-refractivity contribution >= 4 is 0 Å². The van der Waals surface area contributed by atoms with Crippen LogP contribution in [0.25, 0.3) is 0 Å². The number of hydrogen-bond acceptors (Lipinski definition) is 3. The zero-order chi connectivity index (χ0) is 14.4. The summed E-state index contributed by atoms with van der Waals surface area (Å²) in [6.45, 7) is 0. The Kier molecular flexibility index (Phi) is 4.89. The summed E-state index contributed by atoms with van der Waals surface area (Å²) in [5.41, 5.74) is 1.61. The van der Waals surface area contributed by atoms with Crippen LogP contribution in [0.3, 0.4) is 0 Å². The molecule has 0 heterocycles. The highest BCUT2D eigenvalue weighted by Crippen LogP contribution is 2.34. The fourth-order valence-corrected chi connectivity index (χ4v) is 2.29. The molecule has 3 atom stereocenters. The summed E-state index contributed by atoms with van der Waals surface area (Å²) >= 11 is 0. The number of benzene rings is 2. The van der Waals surface area contributed by atoms with Crippen LogP contribution in [0, 0.1) is 17.2 Å². The van der Waals surface area contributed by atoms with Crippen molar-refractivity contribution in [1.82, 2.24) is 0 Å². The van der Waals surface area contributed by atoms with Crippen molar-refractivity contribution in [2.45, 2.75) is 12.2 Å². The van der Waals surface area contributed by atoms with Crippen LogP contribution < -0.4 is 0 Å². The van der Waals surface area contributed by atoms with Crippen LogP contribution in [0.15, 0.2) is 60.7 Å². The molecule has 0 aliphatic carbocycles. The van der Waals surface area contributed by atoms with Gasteiger partial charge in [0.15, 0.2) is 0 Å². The molecule has 0 saturated carbocycles. The molecule has 0 radical (unpaired) electrons. The maximum atomic E-state index is 10.4. The maximum Gasteiger partial charge on any atom is 0.107 e. The van der Waals surface area contributed by atoms with E-state index in [-0.39, 0.29) is 0 Å². The molecular weight excluding hydrogens is 250 g/mol. The first-order chi connectivity index (χ1) is 9.77. The summed E-state index contributed by atoms with van der Waals surface area (Å²) < 4.78 is 5.45. The number of methoxy groups -OCH3 is 1. The standard InChI is InChI=1S/C17H17NO2/c1-20-17(14-10-6-3-7-11-14)15(12-18)16(19)13-8-4-2-5-9-13/h2-11,15-17,19H,1H3. The van der Waals surface area contributed by atoms with Crippen molar-refractivity contribution in [2.75, 3.05) is 7.11 Å². The van der Waals surface area contributed by atoms with E-state index in [2.05, 4.69) is 6.07 Å². The van der Waals surface area contributed by atoms with E-state index in [1.807, 2.05) is 60.7 Å². The molecule has 0 aliphatic rings. The largest absolute Gasteiger partial charge is 0.387 e. The Morgan fingerprint density at radius 2 is 1.45 bits per heavy atom. The van der Waals surface area contributed by atoms with E-state index in [4.69, 9.17) is 4.74 Å². The smallest absolute Gasteiger partial charge is 0.107 e. The lowest BCUT2D eigenvalue weighted by atomic mass is 9.88. The minimum Gasteiger partial charge on any atom is -0.387 e. The van der Waals surface area contributed by atoms with Crippen molar-refractivity contribution in [1.29, 1.82) is 5.26 Å². The third-order valence-corrected chi connectivity index (χ3v) is 3.34. The van der Waals surface area contributed by atoms with Gasteiger partial charge in [0.05, 0.1) is 12.2 Å². The molecule has 2 aromatic rings. The van der Waals surface area contributed by atoms with Crippen LogP contribution in [0.4, 0.5) is 0 Å². The van der Waals surface area contributed by atoms with Crippen LogP contribution >= 0.6 is 0 Å². The predicted molar refractivity (Wildman–Crippen MR) is 76.7 cm³/mol. The molecule has 3 nitrogen and oxygen atoms in total. The Hall–Kier alpha value is -2.15. The minimum atomic E-state index is -0.883. The first kappa shape index (κ1) is 14.3. The van der Waals surface area contributed by atoms with E-state index in [0.717, 1.165) is 11.1 Å². The van der Waals surface area contributed by atoms with E-state index in [1.54, 1.807) is 7.11 Å². The highest BCUT2D eigenvalue weighted by molar-refractivity contribution is 5.25. The van der Waals surface area contributed by atoms with Gasteiger partial charge in [0.1, 0.15) is 12.0 Å². The third kappa shape index (κ3) is 3.05. The molecule has 0 saturated heterocycles. The summed E-state index contributed by atoms with van der Waals surface area (Å²) in [6.07, 6.45) is -1.34. The van der Waals surface area contributed by atoms with E-state index in [1.165, 1.54) is 0 Å². The Bertz CT molecular complexity index is 563. The van der Waals surface area contributed by atoms with Gasteiger partial charge in [0, 0.05) is 7.11 Å². The van der Waals surface area contributed by atoms with E-state index < -0.39 is 18.1 Å². The van der Waals surface area contributed by atoms with Crippen LogP contribution in [0.2, 0.25) is 0 Å². The van der Waals surface area contributed by atoms with Gasteiger partial charge < -0.3 is 9.84 Å². The molecule has 0 aromatic heterocycles. The van der Waals surface area contributed by atoms with Gasteiger partial charge in [-0.25, -0.2) is 0 Å². The molecule has 0 spiro atoms. The molecule has 1 N–H and O–H groups in total. The van der Waals surface area contributed by atoms with Crippen LogP contribution in [-0.4, -0.2) is 12.2 Å². The minimum absolute atomic E-state index is 0.462. The summed E-state index contributed by atoms with van der Waals surface area (Å²) in [5.74, 6) is -0.662. The van der Waals surface area contributed by atoms with Gasteiger partial charge in [-0.05, 0) is 11.1 Å². The van der Waals surface area contributed by atoms with Crippen LogP contribution in [-0.2, 0) is 4.74 Å². The molecule has 2 aromatic carbocycles. The number of nitrogens with zero attached hydrogens (tertiary/aromatic N) is 1. The van der Waals surface area contributed by atoms with Crippen molar-refractivity contribution in [2.24, 2.45) is 5.92 Å². The van der Waals surface area contributed by atoms with Gasteiger partial charge in [-0.3, -0.25) is 0 Å². The quantitative estimate of drug-likeness (QED) is 0.904. The van der Waals surface area contributed by atoms with Gasteiger partial charge in [0.2, 0.25) is 0 Å². The van der Waals surface area contributed by atoms with Gasteiger partial charge in [-0.1, -0.05) is 60.7 Å². The van der Waals surface area contributed by atoms with Crippen molar-refractivity contribution in [3.05, 3.63) is 71.8 Å². The molecule has 3 heteroatoms. The molecule has 2 rings (SSSR count). The van der Waals surface area contributed by atoms with Gasteiger partial charge in [0.25, 0.3) is 0 Å². The number of aliphatic hydroxyl groups is 1. The topological polar surface area (TPSA) is 53.2 Å². The molecule has 0 fully saturated rings. The van der Waals surface area contributed by atoms with Gasteiger partial charge in [-0.15, -0.1) is 0 Å². The Morgan fingerprint density at radius 3 is 1.90 bits per heavy atom. The molecule has 20 heavy (non-hydrogen) atoms. The molecule has 102 valence electrons. The lowest BCUT2D eigenvalue weighted by Crippen LogP contribution is -2.21. The highest BCUT2D eigenvalue weighted by Gasteiger charge is 2.30. The molecular formula is C17H17NO2. The average Bonchev–Trinajstić information content (AvgIpc) is 2.53. The van der Waals surface area contributed by atoms with E-state index in [9.17, 15) is 10.4 Å². The second-order valence-corrected chi connectivity index (χ2v) is 4.58.